The Kier molecular flexibility index (Phi) is 10.1. The van der Waals surface area contributed by atoms with Crippen molar-refractivity contribution in [1.82, 2.24) is 10.6 Å². The van der Waals surface area contributed by atoms with E-state index < -0.39 is 9.84 Å². The number of hydrogen-bond acceptors (Lipinski definition) is 3. The molecule has 0 aliphatic carbocycles. The summed E-state index contributed by atoms with van der Waals surface area (Å²) in [5.41, 5.74) is 0.946. The van der Waals surface area contributed by atoms with Crippen LogP contribution in [-0.2, 0) is 16.4 Å². The zero-order chi connectivity index (χ0) is 19.0. The van der Waals surface area contributed by atoms with Gasteiger partial charge >= 0.3 is 0 Å². The van der Waals surface area contributed by atoms with Crippen LogP contribution in [0.25, 0.3) is 0 Å². The van der Waals surface area contributed by atoms with Crippen LogP contribution in [-0.4, -0.2) is 33.2 Å². The molecule has 0 amide bonds. The molecule has 2 N–H and O–H groups in total. The fourth-order valence-corrected chi connectivity index (χ4v) is 4.27. The van der Waals surface area contributed by atoms with Gasteiger partial charge < -0.3 is 10.6 Å². The molecule has 1 unspecified atom stereocenters. The van der Waals surface area contributed by atoms with E-state index in [1.807, 2.05) is 31.2 Å². The third-order valence-corrected chi connectivity index (χ3v) is 6.18. The van der Waals surface area contributed by atoms with Crippen molar-refractivity contribution in [3.05, 3.63) is 65.2 Å². The van der Waals surface area contributed by atoms with Crippen molar-refractivity contribution in [1.29, 1.82) is 0 Å². The number of sulfone groups is 1. The topological polar surface area (TPSA) is 70.6 Å². The van der Waals surface area contributed by atoms with Crippen LogP contribution < -0.4 is 10.6 Å². The first-order valence-corrected chi connectivity index (χ1v) is 10.5. The van der Waals surface area contributed by atoms with Crippen molar-refractivity contribution in [2.24, 2.45) is 4.99 Å². The van der Waals surface area contributed by atoms with Crippen LogP contribution in [0, 0.1) is 0 Å². The molecule has 148 valence electrons. The number of hydrogen-bond donors (Lipinski definition) is 2. The molecule has 8 heteroatoms. The molecule has 0 saturated heterocycles. The summed E-state index contributed by atoms with van der Waals surface area (Å²) in [6.45, 7) is 2.45. The minimum Gasteiger partial charge on any atom is -0.353 e. The normalized spacial score (nSPS) is 12.8. The maximum absolute atomic E-state index is 12.6. The van der Waals surface area contributed by atoms with Crippen molar-refractivity contribution in [3.63, 3.8) is 0 Å². The van der Waals surface area contributed by atoms with Gasteiger partial charge in [-0.2, -0.15) is 0 Å². The summed E-state index contributed by atoms with van der Waals surface area (Å²) in [7, 11) is -1.71. The van der Waals surface area contributed by atoms with Gasteiger partial charge in [0.1, 0.15) is 0 Å². The summed E-state index contributed by atoms with van der Waals surface area (Å²) in [5.74, 6) is 0.542. The van der Waals surface area contributed by atoms with Gasteiger partial charge in [-0.15, -0.1) is 24.0 Å². The second-order valence-corrected chi connectivity index (χ2v) is 8.30. The van der Waals surface area contributed by atoms with Gasteiger partial charge in [-0.3, -0.25) is 4.99 Å². The van der Waals surface area contributed by atoms with Crippen molar-refractivity contribution in [2.75, 3.05) is 12.8 Å². The third-order valence-electron chi connectivity index (χ3n) is 3.98. The van der Waals surface area contributed by atoms with Gasteiger partial charge in [-0.1, -0.05) is 54.9 Å². The van der Waals surface area contributed by atoms with Crippen molar-refractivity contribution in [2.45, 2.75) is 30.8 Å². The maximum Gasteiger partial charge on any atom is 0.191 e. The summed E-state index contributed by atoms with van der Waals surface area (Å²) in [6.07, 6.45) is 0.652. The molecule has 0 aliphatic rings. The minimum atomic E-state index is -3.37. The highest BCUT2D eigenvalue weighted by molar-refractivity contribution is 14.0. The first-order chi connectivity index (χ1) is 12.5. The Balaban J connectivity index is 0.00000364. The van der Waals surface area contributed by atoms with Crippen LogP contribution in [0.2, 0.25) is 5.02 Å². The van der Waals surface area contributed by atoms with Crippen molar-refractivity contribution in [3.8, 4) is 0 Å². The second-order valence-electron chi connectivity index (χ2n) is 5.86. The lowest BCUT2D eigenvalue weighted by Crippen LogP contribution is -2.45. The molecule has 0 aromatic heterocycles. The molecular weight excluding hydrogens is 497 g/mol. The Morgan fingerprint density at radius 1 is 1.11 bits per heavy atom. The van der Waals surface area contributed by atoms with E-state index >= 15 is 0 Å². The fourth-order valence-electron chi connectivity index (χ4n) is 2.46. The molecule has 1 atom stereocenters. The molecule has 0 spiro atoms. The molecule has 0 radical (unpaired) electrons. The third kappa shape index (κ3) is 7.31. The quantitative estimate of drug-likeness (QED) is 0.330. The summed E-state index contributed by atoms with van der Waals surface area (Å²) in [5, 5.41) is 7.04. The molecule has 5 nitrogen and oxygen atoms in total. The average molecular weight is 522 g/mol. The summed E-state index contributed by atoms with van der Waals surface area (Å²) < 4.78 is 25.2. The first kappa shape index (κ1) is 23.7. The average Bonchev–Trinajstić information content (AvgIpc) is 2.66. The molecule has 0 fully saturated rings. The van der Waals surface area contributed by atoms with Crippen LogP contribution in [0.1, 0.15) is 18.9 Å². The Bertz CT molecular complexity index is 845. The van der Waals surface area contributed by atoms with Crippen LogP contribution in [0.5, 0.6) is 0 Å². The van der Waals surface area contributed by atoms with E-state index in [1.165, 1.54) is 0 Å². The number of guanidine groups is 1. The van der Waals surface area contributed by atoms with Crippen LogP contribution in [0.4, 0.5) is 0 Å². The Morgan fingerprint density at radius 3 is 2.33 bits per heavy atom. The predicted octanol–water partition coefficient (Wildman–Crippen LogP) is 3.88. The van der Waals surface area contributed by atoms with E-state index in [1.54, 1.807) is 37.4 Å². The highest BCUT2D eigenvalue weighted by atomic mass is 127. The summed E-state index contributed by atoms with van der Waals surface area (Å²) in [6, 6.07) is 15.8. The molecule has 0 bridgehead atoms. The molecule has 2 aromatic carbocycles. The van der Waals surface area contributed by atoms with Gasteiger partial charge in [0.25, 0.3) is 0 Å². The van der Waals surface area contributed by atoms with Crippen LogP contribution in [0.15, 0.2) is 64.5 Å². The van der Waals surface area contributed by atoms with Crippen LogP contribution >= 0.6 is 35.6 Å². The molecule has 2 aromatic rings. The van der Waals surface area contributed by atoms with Crippen molar-refractivity contribution < 1.29 is 8.42 Å². The SMILES string of the molecule is CCC(CS(=O)(=O)c1ccccc1)NC(=NC)NCc1ccccc1Cl.I. The zero-order valence-electron chi connectivity index (χ0n) is 15.4. The number of benzene rings is 2. The number of aliphatic imine (C=N–C) groups is 1. The standard InChI is InChI=1S/C19H24ClN3O2S.HI/c1-3-16(14-26(24,25)17-10-5-4-6-11-17)23-19(21-2)22-13-15-9-7-8-12-18(15)20;/h4-12,16H,3,13-14H2,1-2H3,(H2,21,22,23);1H. The smallest absolute Gasteiger partial charge is 0.191 e. The number of nitrogens with one attached hydrogen (secondary N) is 2. The molecule has 0 aliphatic heterocycles. The number of rotatable bonds is 7. The van der Waals surface area contributed by atoms with Crippen molar-refractivity contribution >= 4 is 51.4 Å². The van der Waals surface area contributed by atoms with Gasteiger partial charge in [0.05, 0.1) is 10.6 Å². The summed E-state index contributed by atoms with van der Waals surface area (Å²) >= 11 is 6.16. The molecular formula is C19H25ClIN3O2S. The van der Waals surface area contributed by atoms with E-state index in [0.29, 0.717) is 28.8 Å². The molecule has 0 saturated carbocycles. The van der Waals surface area contributed by atoms with E-state index in [4.69, 9.17) is 11.6 Å². The molecule has 2 rings (SSSR count). The zero-order valence-corrected chi connectivity index (χ0v) is 19.3. The van der Waals surface area contributed by atoms with E-state index in [-0.39, 0.29) is 35.8 Å². The van der Waals surface area contributed by atoms with Gasteiger partial charge in [0.15, 0.2) is 15.8 Å². The minimum absolute atomic E-state index is 0. The van der Waals surface area contributed by atoms with E-state index in [2.05, 4.69) is 15.6 Å². The van der Waals surface area contributed by atoms with E-state index in [0.717, 1.165) is 5.56 Å². The lowest BCUT2D eigenvalue weighted by atomic mass is 10.2. The molecule has 27 heavy (non-hydrogen) atoms. The molecule has 0 heterocycles. The van der Waals surface area contributed by atoms with Gasteiger partial charge in [-0.25, -0.2) is 8.42 Å². The Labute approximate surface area is 183 Å². The highest BCUT2D eigenvalue weighted by Crippen LogP contribution is 2.14. The number of halogens is 2. The van der Waals surface area contributed by atoms with Gasteiger partial charge in [-0.05, 0) is 30.2 Å². The largest absolute Gasteiger partial charge is 0.353 e. The monoisotopic (exact) mass is 521 g/mol. The Hall–Kier alpha value is -1.32. The fraction of sp³-hybridized carbons (Fsp3) is 0.316. The lowest BCUT2D eigenvalue weighted by molar-refractivity contribution is 0.568. The summed E-state index contributed by atoms with van der Waals surface area (Å²) in [4.78, 5) is 4.51. The maximum atomic E-state index is 12.6. The van der Waals surface area contributed by atoms with Crippen LogP contribution in [0.3, 0.4) is 0 Å². The first-order valence-electron chi connectivity index (χ1n) is 8.44. The second kappa shape index (κ2) is 11.5. The Morgan fingerprint density at radius 2 is 1.74 bits per heavy atom. The highest BCUT2D eigenvalue weighted by Gasteiger charge is 2.20. The van der Waals surface area contributed by atoms with Gasteiger partial charge in [0.2, 0.25) is 0 Å². The predicted molar refractivity (Wildman–Crippen MR) is 123 cm³/mol. The van der Waals surface area contributed by atoms with Gasteiger partial charge in [0, 0.05) is 24.7 Å². The number of nitrogens with zero attached hydrogens (tertiary/aromatic N) is 1. The van der Waals surface area contributed by atoms with E-state index in [9.17, 15) is 8.42 Å². The lowest BCUT2D eigenvalue weighted by Gasteiger charge is -2.20.